The lowest BCUT2D eigenvalue weighted by molar-refractivity contribution is 0.405. The highest BCUT2D eigenvalue weighted by molar-refractivity contribution is 8.13. The summed E-state index contributed by atoms with van der Waals surface area (Å²) in [4.78, 5) is 0. The van der Waals surface area contributed by atoms with Gasteiger partial charge in [0.1, 0.15) is 0 Å². The van der Waals surface area contributed by atoms with Crippen LogP contribution in [0.2, 0.25) is 0 Å². The van der Waals surface area contributed by atoms with Crippen LogP contribution in [0.4, 0.5) is 0 Å². The summed E-state index contributed by atoms with van der Waals surface area (Å²) in [5.41, 5.74) is 0. The van der Waals surface area contributed by atoms with Gasteiger partial charge in [-0.25, -0.2) is 8.42 Å². The molecule has 5 heteroatoms. The summed E-state index contributed by atoms with van der Waals surface area (Å²) in [6, 6.07) is 0. The van der Waals surface area contributed by atoms with Crippen LogP contribution in [-0.2, 0) is 9.05 Å². The summed E-state index contributed by atoms with van der Waals surface area (Å²) < 4.78 is 21.3. The van der Waals surface area contributed by atoms with Gasteiger partial charge in [-0.3, -0.25) is 0 Å². The average molecular weight is 198 g/mol. The number of hydrogen-bond acceptors (Lipinski definition) is 3. The third-order valence-corrected chi connectivity index (χ3v) is 3.08. The van der Waals surface area contributed by atoms with Crippen LogP contribution in [0.3, 0.4) is 0 Å². The Morgan fingerprint density at radius 3 is 2.73 bits per heavy atom. The molecule has 11 heavy (non-hydrogen) atoms. The summed E-state index contributed by atoms with van der Waals surface area (Å²) >= 11 is 0. The quantitative estimate of drug-likeness (QED) is 0.658. The van der Waals surface area contributed by atoms with Gasteiger partial charge in [0.05, 0.1) is 5.75 Å². The van der Waals surface area contributed by atoms with Gasteiger partial charge >= 0.3 is 0 Å². The molecular formula is C6H12ClNO2S. The van der Waals surface area contributed by atoms with E-state index in [9.17, 15) is 8.42 Å². The van der Waals surface area contributed by atoms with E-state index in [2.05, 4.69) is 5.32 Å². The van der Waals surface area contributed by atoms with Gasteiger partial charge in [-0.1, -0.05) is 0 Å². The first kappa shape index (κ1) is 9.29. The predicted octanol–water partition coefficient (Wildman–Crippen LogP) is 0.555. The predicted molar refractivity (Wildman–Crippen MR) is 45.2 cm³/mol. The Kier molecular flexibility index (Phi) is 3.16. The Morgan fingerprint density at radius 1 is 1.55 bits per heavy atom. The third-order valence-electron chi connectivity index (χ3n) is 1.83. The van der Waals surface area contributed by atoms with Crippen molar-refractivity contribution in [2.45, 2.75) is 12.8 Å². The molecule has 0 aromatic carbocycles. The monoisotopic (exact) mass is 197 g/mol. The molecule has 0 unspecified atom stereocenters. The van der Waals surface area contributed by atoms with E-state index in [0.717, 1.165) is 25.9 Å². The molecule has 0 aliphatic carbocycles. The highest BCUT2D eigenvalue weighted by Crippen LogP contribution is 2.14. The molecule has 1 fully saturated rings. The molecule has 0 aromatic heterocycles. The van der Waals surface area contributed by atoms with Crippen LogP contribution in [0, 0.1) is 5.92 Å². The van der Waals surface area contributed by atoms with E-state index in [-0.39, 0.29) is 11.7 Å². The molecule has 1 aliphatic rings. The lowest BCUT2D eigenvalue weighted by Gasteiger charge is -2.20. The zero-order valence-electron chi connectivity index (χ0n) is 6.22. The Balaban J connectivity index is 2.36. The standard InChI is InChI=1S/C6H12ClNO2S/c7-11(9,10)5-6-2-1-3-8-4-6/h6,8H,1-5H2/t6-/m0/s1. The van der Waals surface area contributed by atoms with Crippen LogP contribution in [-0.4, -0.2) is 27.3 Å². The highest BCUT2D eigenvalue weighted by atomic mass is 35.7. The Labute approximate surface area is 71.5 Å². The fourth-order valence-corrected chi connectivity index (χ4v) is 2.73. The molecule has 0 radical (unpaired) electrons. The van der Waals surface area contributed by atoms with Crippen molar-refractivity contribution in [3.63, 3.8) is 0 Å². The van der Waals surface area contributed by atoms with Gasteiger partial charge in [0.15, 0.2) is 0 Å². The molecule has 66 valence electrons. The van der Waals surface area contributed by atoms with Crippen LogP contribution in [0.25, 0.3) is 0 Å². The van der Waals surface area contributed by atoms with Crippen LogP contribution < -0.4 is 5.32 Å². The smallest absolute Gasteiger partial charge is 0.232 e. The molecule has 0 spiro atoms. The van der Waals surface area contributed by atoms with Crippen molar-refractivity contribution in [2.24, 2.45) is 5.92 Å². The van der Waals surface area contributed by atoms with Crippen molar-refractivity contribution < 1.29 is 8.42 Å². The molecule has 0 bridgehead atoms. The molecule has 1 aliphatic heterocycles. The SMILES string of the molecule is O=S(=O)(Cl)C[C@H]1CCCNC1. The molecule has 0 saturated carbocycles. The number of piperidine rings is 1. The fourth-order valence-electron chi connectivity index (χ4n) is 1.35. The van der Waals surface area contributed by atoms with Gasteiger partial charge in [-0.2, -0.15) is 0 Å². The van der Waals surface area contributed by atoms with Gasteiger partial charge < -0.3 is 5.32 Å². The van der Waals surface area contributed by atoms with Crippen LogP contribution in [0.5, 0.6) is 0 Å². The normalized spacial score (nSPS) is 26.8. The van der Waals surface area contributed by atoms with E-state index >= 15 is 0 Å². The lowest BCUT2D eigenvalue weighted by atomic mass is 10.0. The van der Waals surface area contributed by atoms with Gasteiger partial charge in [-0.05, 0) is 31.8 Å². The molecule has 0 amide bonds. The fraction of sp³-hybridized carbons (Fsp3) is 1.00. The molecule has 1 saturated heterocycles. The topological polar surface area (TPSA) is 46.2 Å². The molecule has 1 rings (SSSR count). The zero-order valence-corrected chi connectivity index (χ0v) is 7.79. The van der Waals surface area contributed by atoms with Crippen molar-refractivity contribution >= 4 is 19.7 Å². The largest absolute Gasteiger partial charge is 0.316 e. The van der Waals surface area contributed by atoms with E-state index < -0.39 is 9.05 Å². The first-order valence-corrected chi connectivity index (χ1v) is 6.19. The van der Waals surface area contributed by atoms with E-state index in [1.165, 1.54) is 0 Å². The number of hydrogen-bond donors (Lipinski definition) is 1. The van der Waals surface area contributed by atoms with E-state index in [0.29, 0.717) is 0 Å². The van der Waals surface area contributed by atoms with Crippen molar-refractivity contribution in [1.29, 1.82) is 0 Å². The van der Waals surface area contributed by atoms with Crippen molar-refractivity contribution in [3.05, 3.63) is 0 Å². The van der Waals surface area contributed by atoms with Crippen molar-refractivity contribution in [2.75, 3.05) is 18.8 Å². The minimum Gasteiger partial charge on any atom is -0.316 e. The molecule has 3 nitrogen and oxygen atoms in total. The summed E-state index contributed by atoms with van der Waals surface area (Å²) in [5, 5.41) is 3.13. The number of rotatable bonds is 2. The zero-order chi connectivity index (χ0) is 8.32. The Morgan fingerprint density at radius 2 is 2.27 bits per heavy atom. The first-order chi connectivity index (χ1) is 5.08. The maximum Gasteiger partial charge on any atom is 0.232 e. The maximum atomic E-state index is 10.6. The molecule has 1 atom stereocenters. The second-order valence-corrected chi connectivity index (χ2v) is 5.74. The van der Waals surface area contributed by atoms with Crippen LogP contribution >= 0.6 is 10.7 Å². The van der Waals surface area contributed by atoms with Crippen molar-refractivity contribution in [3.8, 4) is 0 Å². The van der Waals surface area contributed by atoms with E-state index in [4.69, 9.17) is 10.7 Å². The summed E-state index contributed by atoms with van der Waals surface area (Å²) in [6.45, 7) is 1.78. The first-order valence-electron chi connectivity index (χ1n) is 3.71. The average Bonchev–Trinajstić information content (AvgIpc) is 1.85. The second-order valence-electron chi connectivity index (χ2n) is 2.92. The summed E-state index contributed by atoms with van der Waals surface area (Å²) in [6.07, 6.45) is 2.02. The summed E-state index contributed by atoms with van der Waals surface area (Å²) in [7, 11) is 1.82. The Hall–Kier alpha value is 0.200. The van der Waals surface area contributed by atoms with Crippen LogP contribution in [0.1, 0.15) is 12.8 Å². The minimum absolute atomic E-state index is 0.113. The van der Waals surface area contributed by atoms with Crippen LogP contribution in [0.15, 0.2) is 0 Å². The number of nitrogens with one attached hydrogen (secondary N) is 1. The summed E-state index contributed by atoms with van der Waals surface area (Å²) in [5.74, 6) is 0.327. The van der Waals surface area contributed by atoms with Gasteiger partial charge in [0.25, 0.3) is 0 Å². The maximum absolute atomic E-state index is 10.6. The lowest BCUT2D eigenvalue weighted by Crippen LogP contribution is -2.32. The molecule has 1 heterocycles. The molecular weight excluding hydrogens is 186 g/mol. The molecule has 1 N–H and O–H groups in total. The van der Waals surface area contributed by atoms with Gasteiger partial charge in [0.2, 0.25) is 9.05 Å². The third kappa shape index (κ3) is 3.94. The molecule has 0 aromatic rings. The van der Waals surface area contributed by atoms with Crippen molar-refractivity contribution in [1.82, 2.24) is 5.32 Å². The van der Waals surface area contributed by atoms with Gasteiger partial charge in [0, 0.05) is 10.7 Å². The minimum atomic E-state index is -3.29. The van der Waals surface area contributed by atoms with Gasteiger partial charge in [-0.15, -0.1) is 0 Å². The second kappa shape index (κ2) is 3.74. The number of halogens is 1. The van der Waals surface area contributed by atoms with E-state index in [1.54, 1.807) is 0 Å². The highest BCUT2D eigenvalue weighted by Gasteiger charge is 2.18. The Bertz CT molecular complexity index is 209. The van der Waals surface area contributed by atoms with E-state index in [1.807, 2.05) is 0 Å².